The Morgan fingerprint density at radius 3 is 2.33 bits per heavy atom. The van der Waals surface area contributed by atoms with E-state index in [0.29, 0.717) is 0 Å². The molecule has 1 aromatic carbocycles. The van der Waals surface area contributed by atoms with E-state index in [2.05, 4.69) is 0 Å². The highest BCUT2D eigenvalue weighted by Gasteiger charge is 2.59. The molecule has 1 amide bonds. The molecule has 0 bridgehead atoms. The zero-order valence-corrected chi connectivity index (χ0v) is 21.6. The Hall–Kier alpha value is -3.11. The van der Waals surface area contributed by atoms with Gasteiger partial charge < -0.3 is 65.1 Å². The molecule has 0 aliphatic carbocycles. The first-order valence-corrected chi connectivity index (χ1v) is 12.4. The van der Waals surface area contributed by atoms with Crippen LogP contribution in [0.3, 0.4) is 0 Å². The van der Waals surface area contributed by atoms with Crippen LogP contribution in [-0.2, 0) is 23.8 Å². The van der Waals surface area contributed by atoms with Crippen molar-refractivity contribution in [1.82, 2.24) is 5.32 Å². The minimum absolute atomic E-state index is 0.0820. The third kappa shape index (κ3) is 7.09. The number of hydrogen-bond donors (Lipinski definition) is 9. The van der Waals surface area contributed by atoms with Gasteiger partial charge in [-0.1, -0.05) is 0 Å². The van der Waals surface area contributed by atoms with Crippen LogP contribution in [0.2, 0.25) is 0 Å². The molecule has 2 heterocycles. The van der Waals surface area contributed by atoms with Crippen LogP contribution >= 0.6 is 0 Å². The number of ether oxygens (including phenoxy) is 4. The van der Waals surface area contributed by atoms with Gasteiger partial charge in [0.25, 0.3) is 17.4 Å². The van der Waals surface area contributed by atoms with Crippen molar-refractivity contribution in [3.63, 3.8) is 0 Å². The Labute approximate surface area is 235 Å². The number of alkyl halides is 1. The zero-order chi connectivity index (χ0) is 31.4. The summed E-state index contributed by atoms with van der Waals surface area (Å²) in [6.45, 7) is -3.56. The van der Waals surface area contributed by atoms with Gasteiger partial charge in [-0.15, -0.1) is 0 Å². The lowest BCUT2D eigenvalue weighted by atomic mass is 9.88. The molecule has 42 heavy (non-hydrogen) atoms. The molecule has 0 saturated carbocycles. The number of carbonyl (C=O) groups excluding carboxylic acids is 1. The standard InChI is InChI=1S/C23H31FN2O16/c24-6-14(31)25-15-11(29)5-23(22(35)36,41-19(15)16(32)12(30)7-27)42-20-17(33)13(8-28)40-21(18(20)34)39-10-3-1-9(2-4-10)26(37)38/h1-4,11-13,15-21,27-30,32-34H,5-8H2,(H,25,31)(H,35,36)/t11-,12+,13+,15+,16+,17-,18+,19+,20-,21+,23-/m0/s1. The molecular weight excluding hydrogens is 579 g/mol. The Balaban J connectivity index is 1.94. The van der Waals surface area contributed by atoms with E-state index in [-0.39, 0.29) is 11.4 Å². The lowest BCUT2D eigenvalue weighted by molar-refractivity contribution is -0.384. The first kappa shape index (κ1) is 33.4. The maximum Gasteiger partial charge on any atom is 0.364 e. The third-order valence-corrected chi connectivity index (χ3v) is 6.71. The van der Waals surface area contributed by atoms with E-state index in [1.54, 1.807) is 0 Å². The Kier molecular flexibility index (Phi) is 11.1. The largest absolute Gasteiger partial charge is 0.477 e. The van der Waals surface area contributed by atoms with E-state index < -0.39 is 110 Å². The number of nitrogens with one attached hydrogen (secondary N) is 1. The van der Waals surface area contributed by atoms with E-state index in [9.17, 15) is 64.9 Å². The highest BCUT2D eigenvalue weighted by atomic mass is 19.1. The lowest BCUT2D eigenvalue weighted by Gasteiger charge is -2.49. The molecule has 0 unspecified atom stereocenters. The summed E-state index contributed by atoms with van der Waals surface area (Å²) in [6.07, 6.45) is -18.6. The molecule has 19 heteroatoms. The molecule has 2 fully saturated rings. The first-order valence-electron chi connectivity index (χ1n) is 12.4. The number of carbonyl (C=O) groups is 2. The van der Waals surface area contributed by atoms with Crippen LogP contribution < -0.4 is 10.1 Å². The number of halogens is 1. The fourth-order valence-corrected chi connectivity index (χ4v) is 4.53. The van der Waals surface area contributed by atoms with Crippen LogP contribution in [0.4, 0.5) is 10.1 Å². The molecule has 0 aromatic heterocycles. The van der Waals surface area contributed by atoms with Gasteiger partial charge in [-0.25, -0.2) is 9.18 Å². The number of aliphatic hydroxyl groups is 7. The summed E-state index contributed by atoms with van der Waals surface area (Å²) in [4.78, 5) is 34.4. The topological polar surface area (TPSA) is 288 Å². The van der Waals surface area contributed by atoms with Crippen molar-refractivity contribution >= 4 is 17.6 Å². The van der Waals surface area contributed by atoms with Crippen LogP contribution in [0.1, 0.15) is 6.42 Å². The van der Waals surface area contributed by atoms with Crippen molar-refractivity contribution in [3.8, 4) is 5.75 Å². The second-order valence-corrected chi connectivity index (χ2v) is 9.54. The van der Waals surface area contributed by atoms with Crippen molar-refractivity contribution in [3.05, 3.63) is 34.4 Å². The number of hydrogen-bond acceptors (Lipinski definition) is 15. The summed E-state index contributed by atoms with van der Waals surface area (Å²) in [5, 5.41) is 94.9. The number of amides is 1. The Morgan fingerprint density at radius 2 is 1.81 bits per heavy atom. The molecule has 18 nitrogen and oxygen atoms in total. The molecule has 0 spiro atoms. The predicted molar refractivity (Wildman–Crippen MR) is 129 cm³/mol. The van der Waals surface area contributed by atoms with Gasteiger partial charge in [-0.3, -0.25) is 14.9 Å². The molecule has 0 radical (unpaired) electrons. The number of nitro groups is 1. The summed E-state index contributed by atoms with van der Waals surface area (Å²) in [5.41, 5.74) is -0.294. The maximum atomic E-state index is 12.9. The van der Waals surface area contributed by atoms with Crippen molar-refractivity contribution in [2.75, 3.05) is 19.9 Å². The number of aliphatic hydroxyl groups excluding tert-OH is 7. The van der Waals surface area contributed by atoms with Crippen LogP contribution in [0, 0.1) is 10.1 Å². The number of aliphatic carboxylic acids is 1. The molecule has 2 aliphatic heterocycles. The molecule has 1 aromatic rings. The number of benzene rings is 1. The quantitative estimate of drug-likeness (QED) is 0.0802. The van der Waals surface area contributed by atoms with Crippen molar-refractivity contribution < 1.29 is 78.7 Å². The summed E-state index contributed by atoms with van der Waals surface area (Å²) in [7, 11) is 0. The number of non-ortho nitro benzene ring substituents is 1. The second-order valence-electron chi connectivity index (χ2n) is 9.54. The van der Waals surface area contributed by atoms with Gasteiger partial charge in [0, 0.05) is 18.6 Å². The predicted octanol–water partition coefficient (Wildman–Crippen LogP) is -4.10. The van der Waals surface area contributed by atoms with Crippen molar-refractivity contribution in [2.45, 2.75) is 73.4 Å². The maximum absolute atomic E-state index is 12.9. The second kappa shape index (κ2) is 13.9. The molecule has 236 valence electrons. The lowest BCUT2D eigenvalue weighted by Crippen LogP contribution is -2.70. The Bertz CT molecular complexity index is 1100. The average Bonchev–Trinajstić information content (AvgIpc) is 2.97. The number of nitro benzene ring substituents is 1. The van der Waals surface area contributed by atoms with Crippen molar-refractivity contribution in [2.24, 2.45) is 0 Å². The monoisotopic (exact) mass is 610 g/mol. The molecule has 2 saturated heterocycles. The molecular formula is C23H31FN2O16. The van der Waals surface area contributed by atoms with Gasteiger partial charge >= 0.3 is 5.97 Å². The number of carboxylic acid groups (broad SMARTS) is 1. The average molecular weight is 610 g/mol. The van der Waals surface area contributed by atoms with E-state index in [1.165, 1.54) is 0 Å². The van der Waals surface area contributed by atoms with Gasteiger partial charge in [0.1, 0.15) is 48.5 Å². The number of carboxylic acids is 1. The molecule has 9 N–H and O–H groups in total. The van der Waals surface area contributed by atoms with Gasteiger partial charge in [-0.05, 0) is 12.1 Å². The SMILES string of the molecule is O=C(CF)N[C@H]1[C@H]([C@H](O)[C@H](O)CO)O[C@@](O[C@H]2[C@@H](O)[C@@H](CO)O[C@@H](Oc3ccc([N+](=O)[O-])cc3)[C@@H]2O)(C(=O)O)C[C@@H]1O. The van der Waals surface area contributed by atoms with Crippen LogP contribution in [-0.4, -0.2) is 144 Å². The summed E-state index contributed by atoms with van der Waals surface area (Å²) < 4.78 is 34.7. The van der Waals surface area contributed by atoms with Gasteiger partial charge in [0.05, 0.1) is 30.3 Å². The smallest absolute Gasteiger partial charge is 0.364 e. The first-order chi connectivity index (χ1) is 19.8. The van der Waals surface area contributed by atoms with Crippen LogP contribution in [0.5, 0.6) is 5.75 Å². The highest BCUT2D eigenvalue weighted by molar-refractivity contribution is 5.78. The number of rotatable bonds is 12. The third-order valence-electron chi connectivity index (χ3n) is 6.71. The van der Waals surface area contributed by atoms with Crippen LogP contribution in [0.25, 0.3) is 0 Å². The van der Waals surface area contributed by atoms with E-state index in [1.807, 2.05) is 5.32 Å². The van der Waals surface area contributed by atoms with E-state index in [4.69, 9.17) is 18.9 Å². The summed E-state index contributed by atoms with van der Waals surface area (Å²) in [5.74, 6) is -6.39. The number of nitrogens with zero attached hydrogens (tertiary/aromatic N) is 1. The van der Waals surface area contributed by atoms with Gasteiger partial charge in [0.15, 0.2) is 6.67 Å². The van der Waals surface area contributed by atoms with Crippen LogP contribution in [0.15, 0.2) is 24.3 Å². The van der Waals surface area contributed by atoms with Gasteiger partial charge in [-0.2, -0.15) is 0 Å². The van der Waals surface area contributed by atoms with E-state index in [0.717, 1.165) is 24.3 Å². The fourth-order valence-electron chi connectivity index (χ4n) is 4.53. The minimum Gasteiger partial charge on any atom is -0.477 e. The van der Waals surface area contributed by atoms with Gasteiger partial charge in [0.2, 0.25) is 6.29 Å². The summed E-state index contributed by atoms with van der Waals surface area (Å²) >= 11 is 0. The zero-order valence-electron chi connectivity index (χ0n) is 21.6. The minimum atomic E-state index is -3.03. The molecule has 11 atom stereocenters. The van der Waals surface area contributed by atoms with E-state index >= 15 is 0 Å². The Morgan fingerprint density at radius 1 is 1.17 bits per heavy atom. The normalized spacial score (nSPS) is 34.7. The fraction of sp³-hybridized carbons (Fsp3) is 0.652. The highest BCUT2D eigenvalue weighted by Crippen LogP contribution is 2.37. The summed E-state index contributed by atoms with van der Waals surface area (Å²) in [6, 6.07) is 2.70. The van der Waals surface area contributed by atoms with Crippen molar-refractivity contribution in [1.29, 1.82) is 0 Å². The molecule has 3 rings (SSSR count). The molecule has 2 aliphatic rings.